The molecular formula is C19H22ClN3O2S. The lowest BCUT2D eigenvalue weighted by atomic mass is 9.78. The average molecular weight is 392 g/mol. The molecule has 7 heteroatoms. The second-order valence-electron chi connectivity index (χ2n) is 7.01. The predicted octanol–water partition coefficient (Wildman–Crippen LogP) is 4.66. The van der Waals surface area contributed by atoms with Gasteiger partial charge in [0.05, 0.1) is 5.75 Å². The van der Waals surface area contributed by atoms with Gasteiger partial charge < -0.3 is 9.32 Å². The smallest absolute Gasteiger partial charge is 0.277 e. The Balaban J connectivity index is 1.36. The molecule has 1 aromatic carbocycles. The van der Waals surface area contributed by atoms with Crippen molar-refractivity contribution < 1.29 is 9.21 Å². The first-order chi connectivity index (χ1) is 12.7. The van der Waals surface area contributed by atoms with E-state index in [-0.39, 0.29) is 5.91 Å². The Morgan fingerprint density at radius 3 is 2.77 bits per heavy atom. The van der Waals surface area contributed by atoms with E-state index in [1.807, 2.05) is 12.1 Å². The molecule has 1 saturated carbocycles. The van der Waals surface area contributed by atoms with E-state index in [1.165, 1.54) is 37.4 Å². The second kappa shape index (κ2) is 8.01. The van der Waals surface area contributed by atoms with Crippen LogP contribution in [0.4, 0.5) is 0 Å². The van der Waals surface area contributed by atoms with E-state index in [9.17, 15) is 4.79 Å². The Morgan fingerprint density at radius 1 is 1.15 bits per heavy atom. The topological polar surface area (TPSA) is 59.2 Å². The number of hydrogen-bond acceptors (Lipinski definition) is 5. The molecule has 4 rings (SSSR count). The van der Waals surface area contributed by atoms with E-state index in [0.717, 1.165) is 24.9 Å². The summed E-state index contributed by atoms with van der Waals surface area (Å²) in [5.74, 6) is 1.69. The first-order valence-electron chi connectivity index (χ1n) is 9.22. The van der Waals surface area contributed by atoms with Gasteiger partial charge in [0.1, 0.15) is 0 Å². The molecule has 0 bridgehead atoms. The molecule has 138 valence electrons. The summed E-state index contributed by atoms with van der Waals surface area (Å²) in [6.45, 7) is 0.889. The first kappa shape index (κ1) is 17.9. The number of nitrogens with zero attached hydrogens (tertiary/aromatic N) is 3. The fourth-order valence-electron chi connectivity index (χ4n) is 4.12. The summed E-state index contributed by atoms with van der Waals surface area (Å²) in [5.41, 5.74) is 0.821. The summed E-state index contributed by atoms with van der Waals surface area (Å²) >= 11 is 7.22. The van der Waals surface area contributed by atoms with Crippen LogP contribution in [0.1, 0.15) is 38.5 Å². The molecule has 2 fully saturated rings. The van der Waals surface area contributed by atoms with E-state index >= 15 is 0 Å². The van der Waals surface area contributed by atoms with Crippen molar-refractivity contribution in [3.8, 4) is 11.5 Å². The number of aromatic nitrogens is 2. The molecule has 0 N–H and O–H groups in total. The number of likely N-dealkylation sites (tertiary alicyclic amines) is 1. The zero-order chi connectivity index (χ0) is 17.9. The number of fused-ring (bicyclic) bond motifs is 1. The van der Waals surface area contributed by atoms with Crippen molar-refractivity contribution in [3.05, 3.63) is 29.3 Å². The normalized spacial score (nSPS) is 22.9. The Kier molecular flexibility index (Phi) is 5.50. The largest absolute Gasteiger partial charge is 0.411 e. The highest BCUT2D eigenvalue weighted by Gasteiger charge is 2.35. The van der Waals surface area contributed by atoms with Gasteiger partial charge in [-0.25, -0.2) is 0 Å². The van der Waals surface area contributed by atoms with E-state index in [1.54, 1.807) is 12.1 Å². The van der Waals surface area contributed by atoms with Gasteiger partial charge in [0.15, 0.2) is 0 Å². The summed E-state index contributed by atoms with van der Waals surface area (Å²) in [5, 5.41) is 9.22. The zero-order valence-corrected chi connectivity index (χ0v) is 16.1. The van der Waals surface area contributed by atoms with Gasteiger partial charge in [-0.05, 0) is 55.9 Å². The van der Waals surface area contributed by atoms with Crippen LogP contribution in [0.25, 0.3) is 11.5 Å². The molecule has 0 unspecified atom stereocenters. The molecule has 2 aliphatic rings. The number of amides is 1. The third-order valence-electron chi connectivity index (χ3n) is 5.38. The highest BCUT2D eigenvalue weighted by Crippen LogP contribution is 2.35. The molecule has 1 saturated heterocycles. The molecule has 2 atom stereocenters. The summed E-state index contributed by atoms with van der Waals surface area (Å²) in [6, 6.07) is 7.69. The third-order valence-corrected chi connectivity index (χ3v) is 6.44. The predicted molar refractivity (Wildman–Crippen MR) is 102 cm³/mol. The van der Waals surface area contributed by atoms with Crippen molar-refractivity contribution in [2.24, 2.45) is 5.92 Å². The maximum atomic E-state index is 12.7. The minimum Gasteiger partial charge on any atom is -0.411 e. The lowest BCUT2D eigenvalue weighted by Gasteiger charge is -2.44. The molecule has 2 heterocycles. The Labute approximate surface area is 162 Å². The van der Waals surface area contributed by atoms with Gasteiger partial charge in [0.25, 0.3) is 5.22 Å². The maximum Gasteiger partial charge on any atom is 0.277 e. The van der Waals surface area contributed by atoms with Crippen molar-refractivity contribution >= 4 is 29.3 Å². The molecule has 1 aliphatic heterocycles. The van der Waals surface area contributed by atoms with Gasteiger partial charge in [0.2, 0.25) is 11.8 Å². The van der Waals surface area contributed by atoms with Crippen LogP contribution in [0, 0.1) is 5.92 Å². The number of benzene rings is 1. The Morgan fingerprint density at radius 2 is 1.92 bits per heavy atom. The van der Waals surface area contributed by atoms with Gasteiger partial charge in [-0.15, -0.1) is 10.2 Å². The Bertz CT molecular complexity index is 762. The zero-order valence-electron chi connectivity index (χ0n) is 14.6. The number of rotatable bonds is 4. The maximum absolute atomic E-state index is 12.7. The van der Waals surface area contributed by atoms with Crippen LogP contribution >= 0.6 is 23.4 Å². The number of carbonyl (C=O) groups excluding carboxylic acids is 1. The number of halogens is 1. The van der Waals surface area contributed by atoms with Crippen molar-refractivity contribution in [1.82, 2.24) is 15.1 Å². The van der Waals surface area contributed by atoms with Crippen LogP contribution in [0.2, 0.25) is 5.02 Å². The summed E-state index contributed by atoms with van der Waals surface area (Å²) in [4.78, 5) is 14.8. The quantitative estimate of drug-likeness (QED) is 0.709. The van der Waals surface area contributed by atoms with Gasteiger partial charge >= 0.3 is 0 Å². The molecule has 26 heavy (non-hydrogen) atoms. The number of hydrogen-bond donors (Lipinski definition) is 0. The number of carbonyl (C=O) groups is 1. The molecule has 1 aliphatic carbocycles. The Hall–Kier alpha value is -1.53. The lowest BCUT2D eigenvalue weighted by molar-refractivity contribution is -0.134. The SMILES string of the molecule is O=C(CSc1nnc(-c2ccc(Cl)cc2)o1)N1CCC[C@@H]2CCCC[C@@H]21. The van der Waals surface area contributed by atoms with Crippen LogP contribution in [-0.4, -0.2) is 39.3 Å². The van der Waals surface area contributed by atoms with Gasteiger partial charge in [0, 0.05) is 23.2 Å². The molecule has 1 amide bonds. The van der Waals surface area contributed by atoms with Crippen molar-refractivity contribution in [1.29, 1.82) is 0 Å². The van der Waals surface area contributed by atoms with E-state index in [4.69, 9.17) is 16.0 Å². The van der Waals surface area contributed by atoms with E-state index in [2.05, 4.69) is 15.1 Å². The van der Waals surface area contributed by atoms with Crippen LogP contribution in [0.3, 0.4) is 0 Å². The molecule has 0 radical (unpaired) electrons. The van der Waals surface area contributed by atoms with Gasteiger partial charge in [-0.2, -0.15) is 0 Å². The average Bonchev–Trinajstić information content (AvgIpc) is 3.15. The number of thioether (sulfide) groups is 1. The van der Waals surface area contributed by atoms with Crippen LogP contribution in [0.5, 0.6) is 0 Å². The fourth-order valence-corrected chi connectivity index (χ4v) is 4.89. The minimum atomic E-state index is 0.192. The highest BCUT2D eigenvalue weighted by molar-refractivity contribution is 7.99. The minimum absolute atomic E-state index is 0.192. The third kappa shape index (κ3) is 3.91. The van der Waals surface area contributed by atoms with Crippen LogP contribution in [0.15, 0.2) is 33.9 Å². The van der Waals surface area contributed by atoms with E-state index in [0.29, 0.717) is 33.8 Å². The van der Waals surface area contributed by atoms with Crippen molar-refractivity contribution in [2.75, 3.05) is 12.3 Å². The number of piperidine rings is 1. The molecule has 1 aromatic heterocycles. The molecule has 2 aromatic rings. The summed E-state index contributed by atoms with van der Waals surface area (Å²) in [7, 11) is 0. The van der Waals surface area contributed by atoms with Crippen molar-refractivity contribution in [3.63, 3.8) is 0 Å². The molecule has 0 spiro atoms. The standard InChI is InChI=1S/C19H22ClN3O2S/c20-15-9-7-14(8-10-15)18-21-22-19(25-18)26-12-17(24)23-11-3-5-13-4-1-2-6-16(13)23/h7-10,13,16H,1-6,11-12H2/t13-,16-/m0/s1. The summed E-state index contributed by atoms with van der Waals surface area (Å²) in [6.07, 6.45) is 7.38. The van der Waals surface area contributed by atoms with Gasteiger partial charge in [-0.1, -0.05) is 36.2 Å². The van der Waals surface area contributed by atoms with E-state index < -0.39 is 0 Å². The monoisotopic (exact) mass is 391 g/mol. The lowest BCUT2D eigenvalue weighted by Crippen LogP contribution is -2.50. The summed E-state index contributed by atoms with van der Waals surface area (Å²) < 4.78 is 5.68. The van der Waals surface area contributed by atoms with Crippen molar-refractivity contribution in [2.45, 2.75) is 49.8 Å². The van der Waals surface area contributed by atoms with Crippen LogP contribution in [-0.2, 0) is 4.79 Å². The fraction of sp³-hybridized carbons (Fsp3) is 0.526. The first-order valence-corrected chi connectivity index (χ1v) is 10.6. The second-order valence-corrected chi connectivity index (χ2v) is 8.37. The molecule has 5 nitrogen and oxygen atoms in total. The highest BCUT2D eigenvalue weighted by atomic mass is 35.5. The molecular weight excluding hydrogens is 370 g/mol. The van der Waals surface area contributed by atoms with Crippen LogP contribution < -0.4 is 0 Å². The van der Waals surface area contributed by atoms with Gasteiger partial charge in [-0.3, -0.25) is 4.79 Å².